The summed E-state index contributed by atoms with van der Waals surface area (Å²) in [5.41, 5.74) is 3.71. The van der Waals surface area contributed by atoms with E-state index in [4.69, 9.17) is 9.47 Å². The van der Waals surface area contributed by atoms with Gasteiger partial charge in [0.15, 0.2) is 5.78 Å². The molecule has 0 amide bonds. The van der Waals surface area contributed by atoms with E-state index in [1.807, 2.05) is 66.7 Å². The topological polar surface area (TPSA) is 72.8 Å². The molecule has 1 aliphatic rings. The highest BCUT2D eigenvalue weighted by Crippen LogP contribution is 2.39. The van der Waals surface area contributed by atoms with E-state index >= 15 is 0 Å². The number of Topliss-reactive ketones (excluding diaryl/α,β-unsaturated/α-hetero) is 1. The summed E-state index contributed by atoms with van der Waals surface area (Å²) in [4.78, 5) is 25.3. The van der Waals surface area contributed by atoms with Crippen molar-refractivity contribution < 1.29 is 24.2 Å². The van der Waals surface area contributed by atoms with E-state index in [9.17, 15) is 14.7 Å². The lowest BCUT2D eigenvalue weighted by Crippen LogP contribution is -2.31. The Bertz CT molecular complexity index is 1100. The van der Waals surface area contributed by atoms with Crippen LogP contribution in [0.3, 0.4) is 0 Å². The summed E-state index contributed by atoms with van der Waals surface area (Å²) in [5.74, 6) is -2.55. The molecule has 3 atom stereocenters. The quantitative estimate of drug-likeness (QED) is 0.139. The van der Waals surface area contributed by atoms with Gasteiger partial charge in [-0.2, -0.15) is 0 Å². The van der Waals surface area contributed by atoms with Crippen LogP contribution in [0.5, 0.6) is 0 Å². The zero-order valence-corrected chi connectivity index (χ0v) is 20.9. The Morgan fingerprint density at radius 2 is 1.50 bits per heavy atom. The number of rotatable bonds is 10. The first kappa shape index (κ1) is 24.6. The molecule has 4 rings (SSSR count). The van der Waals surface area contributed by atoms with Crippen LogP contribution < -0.4 is 0 Å². The van der Waals surface area contributed by atoms with Crippen molar-refractivity contribution in [1.82, 2.24) is 0 Å². The number of halogens is 1. The Kier molecular flexibility index (Phi) is 8.48. The van der Waals surface area contributed by atoms with Gasteiger partial charge in [0, 0.05) is 15.1 Å². The van der Waals surface area contributed by atoms with Gasteiger partial charge in [0.1, 0.15) is 6.79 Å². The summed E-state index contributed by atoms with van der Waals surface area (Å²) >= 11 is 2.27. The molecule has 0 radical (unpaired) electrons. The highest BCUT2D eigenvalue weighted by molar-refractivity contribution is 14.1. The molecular formula is C28H27IO5. The molecule has 34 heavy (non-hydrogen) atoms. The largest absolute Gasteiger partial charge is 0.481 e. The number of carbonyl (C=O) groups is 2. The van der Waals surface area contributed by atoms with E-state index in [1.54, 1.807) is 12.1 Å². The second-order valence-corrected chi connectivity index (χ2v) is 9.82. The predicted octanol–water partition coefficient (Wildman–Crippen LogP) is 6.06. The maximum Gasteiger partial charge on any atom is 0.307 e. The van der Waals surface area contributed by atoms with Crippen molar-refractivity contribution in [3.05, 3.63) is 93.6 Å². The van der Waals surface area contributed by atoms with Crippen molar-refractivity contribution in [2.75, 3.05) is 13.4 Å². The normalized spacial score (nSPS) is 19.7. The maximum atomic E-state index is 13.2. The molecule has 0 aliphatic heterocycles. The average Bonchev–Trinajstić information content (AvgIpc) is 3.29. The zero-order chi connectivity index (χ0) is 23.9. The number of hydrogen-bond donors (Lipinski definition) is 1. The molecule has 1 saturated carbocycles. The van der Waals surface area contributed by atoms with E-state index in [0.717, 1.165) is 20.3 Å². The van der Waals surface area contributed by atoms with Gasteiger partial charge in [0.25, 0.3) is 0 Å². The van der Waals surface area contributed by atoms with Crippen LogP contribution in [-0.4, -0.2) is 30.3 Å². The van der Waals surface area contributed by atoms with Crippen molar-refractivity contribution in [1.29, 1.82) is 0 Å². The number of carboxylic acid groups (broad SMARTS) is 1. The van der Waals surface area contributed by atoms with Gasteiger partial charge in [0.05, 0.1) is 19.1 Å². The molecule has 0 aromatic heterocycles. The summed E-state index contributed by atoms with van der Waals surface area (Å²) < 4.78 is 12.3. The molecule has 0 heterocycles. The fourth-order valence-corrected chi connectivity index (χ4v) is 4.97. The lowest BCUT2D eigenvalue weighted by atomic mass is 9.84. The molecule has 176 valence electrons. The monoisotopic (exact) mass is 570 g/mol. The fraction of sp³-hybridized carbons (Fsp3) is 0.286. The van der Waals surface area contributed by atoms with E-state index in [0.29, 0.717) is 25.0 Å². The number of aliphatic carboxylic acids is 1. The molecule has 1 fully saturated rings. The lowest BCUT2D eigenvalue weighted by Gasteiger charge is -2.20. The first-order chi connectivity index (χ1) is 16.5. The Balaban J connectivity index is 1.33. The standard InChI is InChI=1S/C28H27IO5/c29-24-13-10-21(11-14-24)20-6-8-22(9-7-20)27(30)25-15-12-23(26(25)28(31)32)17-34-18-33-16-19-4-2-1-3-5-19/h1-11,13-14,23,25-26H,12,15-18H2,(H,31,32)/t23?,25-,26?/m0/s1. The minimum absolute atomic E-state index is 0.0936. The smallest absolute Gasteiger partial charge is 0.307 e. The fourth-order valence-electron chi connectivity index (χ4n) is 4.61. The van der Waals surface area contributed by atoms with Gasteiger partial charge in [-0.15, -0.1) is 0 Å². The Hall–Kier alpha value is -2.55. The number of hydrogen-bond acceptors (Lipinski definition) is 4. The highest BCUT2D eigenvalue weighted by Gasteiger charge is 2.44. The number of benzene rings is 3. The van der Waals surface area contributed by atoms with Crippen molar-refractivity contribution in [2.45, 2.75) is 19.4 Å². The van der Waals surface area contributed by atoms with Gasteiger partial charge in [-0.3, -0.25) is 9.59 Å². The van der Waals surface area contributed by atoms with Crippen LogP contribution in [-0.2, 0) is 20.9 Å². The number of carboxylic acids is 1. The number of ether oxygens (including phenoxy) is 2. The van der Waals surface area contributed by atoms with Crippen molar-refractivity contribution in [3.63, 3.8) is 0 Å². The van der Waals surface area contributed by atoms with Crippen molar-refractivity contribution in [3.8, 4) is 11.1 Å². The summed E-state index contributed by atoms with van der Waals surface area (Å²) in [5, 5.41) is 9.88. The zero-order valence-electron chi connectivity index (χ0n) is 18.7. The van der Waals surface area contributed by atoms with Gasteiger partial charge < -0.3 is 14.6 Å². The van der Waals surface area contributed by atoms with Crippen molar-refractivity contribution in [2.24, 2.45) is 17.8 Å². The Labute approximate surface area is 213 Å². The van der Waals surface area contributed by atoms with Crippen LogP contribution in [0.15, 0.2) is 78.9 Å². The maximum absolute atomic E-state index is 13.2. The molecule has 6 heteroatoms. The highest BCUT2D eigenvalue weighted by atomic mass is 127. The second-order valence-electron chi connectivity index (χ2n) is 8.58. The van der Waals surface area contributed by atoms with Gasteiger partial charge in [-0.1, -0.05) is 66.7 Å². The van der Waals surface area contributed by atoms with Crippen LogP contribution >= 0.6 is 22.6 Å². The van der Waals surface area contributed by atoms with Crippen LogP contribution in [0.1, 0.15) is 28.8 Å². The molecule has 0 saturated heterocycles. The van der Waals surface area contributed by atoms with E-state index in [-0.39, 0.29) is 25.1 Å². The summed E-state index contributed by atoms with van der Waals surface area (Å²) in [6.45, 7) is 0.796. The minimum Gasteiger partial charge on any atom is -0.481 e. The first-order valence-corrected chi connectivity index (χ1v) is 12.4. The first-order valence-electron chi connectivity index (χ1n) is 11.4. The molecule has 5 nitrogen and oxygen atoms in total. The van der Waals surface area contributed by atoms with E-state index in [1.165, 1.54) is 0 Å². The predicted molar refractivity (Wildman–Crippen MR) is 138 cm³/mol. The van der Waals surface area contributed by atoms with Crippen LogP contribution in [0, 0.1) is 21.3 Å². The SMILES string of the molecule is O=C(O)C1C(COCOCc2ccccc2)CC[C@@H]1C(=O)c1ccc(-c2ccc(I)cc2)cc1. The van der Waals surface area contributed by atoms with Crippen LogP contribution in [0.2, 0.25) is 0 Å². The Morgan fingerprint density at radius 3 is 2.15 bits per heavy atom. The summed E-state index contributed by atoms with van der Waals surface area (Å²) in [7, 11) is 0. The third-order valence-corrected chi connectivity index (χ3v) is 7.09. The molecule has 3 aromatic rings. The molecule has 1 aliphatic carbocycles. The number of carbonyl (C=O) groups excluding carboxylic acids is 1. The van der Waals surface area contributed by atoms with Gasteiger partial charge in [-0.05, 0) is 70.2 Å². The van der Waals surface area contributed by atoms with E-state index < -0.39 is 17.8 Å². The minimum atomic E-state index is -0.940. The summed E-state index contributed by atoms with van der Waals surface area (Å²) in [6, 6.07) is 25.4. The Morgan fingerprint density at radius 1 is 0.853 bits per heavy atom. The lowest BCUT2D eigenvalue weighted by molar-refractivity contribution is -0.146. The molecule has 3 aromatic carbocycles. The summed E-state index contributed by atoms with van der Waals surface area (Å²) in [6.07, 6.45) is 1.19. The number of ketones is 1. The third kappa shape index (κ3) is 6.11. The van der Waals surface area contributed by atoms with Crippen molar-refractivity contribution >= 4 is 34.3 Å². The second kappa shape index (κ2) is 11.7. The van der Waals surface area contributed by atoms with Gasteiger partial charge in [-0.25, -0.2) is 0 Å². The molecule has 0 spiro atoms. The molecule has 2 unspecified atom stereocenters. The molecule has 1 N–H and O–H groups in total. The molecule has 0 bridgehead atoms. The van der Waals surface area contributed by atoms with Crippen LogP contribution in [0.25, 0.3) is 11.1 Å². The van der Waals surface area contributed by atoms with E-state index in [2.05, 4.69) is 22.6 Å². The van der Waals surface area contributed by atoms with Gasteiger partial charge >= 0.3 is 5.97 Å². The average molecular weight is 570 g/mol. The third-order valence-electron chi connectivity index (χ3n) is 6.37. The molecular weight excluding hydrogens is 543 g/mol. The van der Waals surface area contributed by atoms with Gasteiger partial charge in [0.2, 0.25) is 0 Å². The van der Waals surface area contributed by atoms with Crippen LogP contribution in [0.4, 0.5) is 0 Å².